The Kier molecular flexibility index (Phi) is 14.6. The van der Waals surface area contributed by atoms with E-state index in [0.29, 0.717) is 0 Å². The normalized spacial score (nSPS) is 9.67. The maximum Gasteiger partial charge on any atom is 0.300 e. The van der Waals surface area contributed by atoms with Crippen molar-refractivity contribution >= 4 is 18.1 Å². The number of Topliss-reactive ketones (excluding diaryl/α,β-unsaturated/α-hetero) is 1. The number of ketones is 1. The Hall–Kier alpha value is -2.31. The molecule has 0 aliphatic heterocycles. The van der Waals surface area contributed by atoms with Crippen LogP contribution in [-0.4, -0.2) is 33.2 Å². The molecule has 1 aromatic rings. The third-order valence-electron chi connectivity index (χ3n) is 2.41. The molecule has 0 aromatic carbocycles. The van der Waals surface area contributed by atoms with E-state index >= 15 is 0 Å². The van der Waals surface area contributed by atoms with Gasteiger partial charge in [-0.25, -0.2) is 9.97 Å². The van der Waals surface area contributed by atoms with Crippen molar-refractivity contribution in [3.63, 3.8) is 0 Å². The second-order valence-electron chi connectivity index (χ2n) is 6.84. The van der Waals surface area contributed by atoms with Crippen molar-refractivity contribution in [3.05, 3.63) is 24.3 Å². The standard InChI is InChI=1S/C8H12N2.C6H12O.C2H4O2.CH4N2/c1-8(2,3)7-4-5-9-6-10-7;1-5(7)6(2,3)4;1-2(3)4;2-1-3/h4-6H,1-3H3;1-4H3;1H3,(H,3,4);1H,(H3,2,3). The van der Waals surface area contributed by atoms with E-state index in [9.17, 15) is 4.79 Å². The minimum atomic E-state index is -0.833. The van der Waals surface area contributed by atoms with Crippen LogP contribution in [-0.2, 0) is 15.0 Å². The lowest BCUT2D eigenvalue weighted by atomic mass is 9.92. The van der Waals surface area contributed by atoms with Crippen LogP contribution in [0.4, 0.5) is 0 Å². The summed E-state index contributed by atoms with van der Waals surface area (Å²) in [7, 11) is 0. The molecule has 138 valence electrons. The Labute approximate surface area is 145 Å². The van der Waals surface area contributed by atoms with Gasteiger partial charge in [-0.05, 0) is 13.0 Å². The molecule has 0 unspecified atom stereocenters. The molecular formula is C17H32N4O3. The molecule has 0 aliphatic rings. The zero-order chi connectivity index (χ0) is 20.0. The van der Waals surface area contributed by atoms with Crippen molar-refractivity contribution < 1.29 is 14.7 Å². The minimum Gasteiger partial charge on any atom is -0.481 e. The highest BCUT2D eigenvalue weighted by molar-refractivity contribution is 5.80. The Bertz CT molecular complexity index is 471. The van der Waals surface area contributed by atoms with E-state index in [1.54, 1.807) is 19.4 Å². The van der Waals surface area contributed by atoms with Crippen LogP contribution < -0.4 is 5.73 Å². The van der Waals surface area contributed by atoms with E-state index in [1.807, 2.05) is 26.8 Å². The summed E-state index contributed by atoms with van der Waals surface area (Å²) >= 11 is 0. The molecule has 1 rings (SSSR count). The SMILES string of the molecule is CC(=O)C(C)(C)C.CC(=O)O.CC(C)(C)c1ccncn1.N=CN. The van der Waals surface area contributed by atoms with Crippen LogP contribution in [0.2, 0.25) is 0 Å². The molecule has 0 bridgehead atoms. The van der Waals surface area contributed by atoms with Gasteiger partial charge < -0.3 is 10.8 Å². The largest absolute Gasteiger partial charge is 0.481 e. The van der Waals surface area contributed by atoms with Gasteiger partial charge in [0.1, 0.15) is 12.1 Å². The average Bonchev–Trinajstić information content (AvgIpc) is 2.38. The summed E-state index contributed by atoms with van der Waals surface area (Å²) in [5, 5.41) is 13.3. The predicted octanol–water partition coefficient (Wildman–Crippen LogP) is 3.04. The van der Waals surface area contributed by atoms with Gasteiger partial charge in [-0.15, -0.1) is 0 Å². The Morgan fingerprint density at radius 2 is 1.50 bits per heavy atom. The zero-order valence-electron chi connectivity index (χ0n) is 16.0. The molecule has 4 N–H and O–H groups in total. The van der Waals surface area contributed by atoms with Crippen LogP contribution in [0.1, 0.15) is 61.1 Å². The molecular weight excluding hydrogens is 308 g/mol. The average molecular weight is 340 g/mol. The number of carbonyl (C=O) groups excluding carboxylic acids is 1. The van der Waals surface area contributed by atoms with Gasteiger partial charge in [-0.2, -0.15) is 0 Å². The number of carbonyl (C=O) groups is 2. The van der Waals surface area contributed by atoms with Crippen molar-refractivity contribution in [1.29, 1.82) is 5.41 Å². The van der Waals surface area contributed by atoms with Gasteiger partial charge >= 0.3 is 0 Å². The van der Waals surface area contributed by atoms with E-state index in [2.05, 4.69) is 36.5 Å². The number of aliphatic carboxylic acids is 1. The lowest BCUT2D eigenvalue weighted by Gasteiger charge is -2.16. The van der Waals surface area contributed by atoms with Gasteiger partial charge in [0.2, 0.25) is 0 Å². The number of aromatic nitrogens is 2. The first kappa shape index (κ1) is 26.6. The van der Waals surface area contributed by atoms with Crippen LogP contribution >= 0.6 is 0 Å². The second-order valence-corrected chi connectivity index (χ2v) is 6.84. The fraction of sp³-hybridized carbons (Fsp3) is 0.588. The lowest BCUT2D eigenvalue weighted by molar-refractivity contribution is -0.134. The molecule has 7 heteroatoms. The van der Waals surface area contributed by atoms with E-state index < -0.39 is 5.97 Å². The molecule has 0 atom stereocenters. The number of hydrogen-bond acceptors (Lipinski definition) is 5. The maximum atomic E-state index is 10.5. The van der Waals surface area contributed by atoms with Gasteiger partial charge in [-0.3, -0.25) is 15.0 Å². The van der Waals surface area contributed by atoms with E-state index in [0.717, 1.165) is 19.0 Å². The number of carboxylic acids is 1. The summed E-state index contributed by atoms with van der Waals surface area (Å²) < 4.78 is 0. The number of rotatable bonds is 0. The van der Waals surface area contributed by atoms with Gasteiger partial charge in [0.15, 0.2) is 0 Å². The summed E-state index contributed by atoms with van der Waals surface area (Å²) in [6.07, 6.45) is 4.11. The topological polar surface area (TPSA) is 130 Å². The first-order chi connectivity index (χ1) is 10.7. The third kappa shape index (κ3) is 22.0. The number of carboxylic acid groups (broad SMARTS) is 1. The molecule has 0 radical (unpaired) electrons. The number of hydrogen-bond donors (Lipinski definition) is 3. The summed E-state index contributed by atoms with van der Waals surface area (Å²) in [6, 6.07) is 1.94. The highest BCUT2D eigenvalue weighted by Gasteiger charge is 2.14. The van der Waals surface area contributed by atoms with E-state index in [-0.39, 0.29) is 16.6 Å². The molecule has 7 nitrogen and oxygen atoms in total. The second kappa shape index (κ2) is 13.2. The maximum absolute atomic E-state index is 10.5. The van der Waals surface area contributed by atoms with Crippen molar-refractivity contribution in [1.82, 2.24) is 9.97 Å². The summed E-state index contributed by atoms with van der Waals surface area (Å²) in [4.78, 5) is 27.5. The molecule has 0 spiro atoms. The van der Waals surface area contributed by atoms with Gasteiger partial charge in [0, 0.05) is 29.6 Å². The molecule has 1 heterocycles. The Balaban J connectivity index is -0.000000276. The first-order valence-corrected chi connectivity index (χ1v) is 7.37. The molecule has 1 aromatic heterocycles. The monoisotopic (exact) mass is 340 g/mol. The summed E-state index contributed by atoms with van der Waals surface area (Å²) in [5.74, 6) is -0.590. The van der Waals surface area contributed by atoms with Crippen molar-refractivity contribution in [3.8, 4) is 0 Å². The smallest absolute Gasteiger partial charge is 0.300 e. The highest BCUT2D eigenvalue weighted by Crippen LogP contribution is 2.17. The van der Waals surface area contributed by atoms with Gasteiger partial charge in [0.25, 0.3) is 5.97 Å². The molecule has 0 saturated carbocycles. The van der Waals surface area contributed by atoms with Crippen LogP contribution in [0, 0.1) is 10.8 Å². The minimum absolute atomic E-state index is 0.139. The van der Waals surface area contributed by atoms with E-state index in [1.165, 1.54) is 0 Å². The molecule has 0 saturated heterocycles. The molecule has 24 heavy (non-hydrogen) atoms. The van der Waals surface area contributed by atoms with Crippen molar-refractivity contribution in [2.24, 2.45) is 11.1 Å². The summed E-state index contributed by atoms with van der Waals surface area (Å²) in [6.45, 7) is 14.8. The van der Waals surface area contributed by atoms with Crippen LogP contribution in [0.25, 0.3) is 0 Å². The quantitative estimate of drug-likeness (QED) is 0.491. The van der Waals surface area contributed by atoms with Gasteiger partial charge in [0.05, 0.1) is 6.34 Å². The molecule has 0 fully saturated rings. The fourth-order valence-corrected chi connectivity index (χ4v) is 0.734. The molecule has 0 aliphatic carbocycles. The Morgan fingerprint density at radius 1 is 1.17 bits per heavy atom. The third-order valence-corrected chi connectivity index (χ3v) is 2.41. The van der Waals surface area contributed by atoms with Crippen LogP contribution in [0.3, 0.4) is 0 Å². The van der Waals surface area contributed by atoms with Crippen molar-refractivity contribution in [2.75, 3.05) is 0 Å². The van der Waals surface area contributed by atoms with Crippen LogP contribution in [0.5, 0.6) is 0 Å². The highest BCUT2D eigenvalue weighted by atomic mass is 16.4. The Morgan fingerprint density at radius 3 is 1.62 bits per heavy atom. The van der Waals surface area contributed by atoms with Crippen molar-refractivity contribution in [2.45, 2.75) is 60.8 Å². The van der Waals surface area contributed by atoms with Crippen LogP contribution in [0.15, 0.2) is 18.6 Å². The number of nitrogens with zero attached hydrogens (tertiary/aromatic N) is 2. The van der Waals surface area contributed by atoms with E-state index in [4.69, 9.17) is 15.3 Å². The van der Waals surface area contributed by atoms with Gasteiger partial charge in [-0.1, -0.05) is 41.5 Å². The fourth-order valence-electron chi connectivity index (χ4n) is 0.734. The summed E-state index contributed by atoms with van der Waals surface area (Å²) in [5.41, 5.74) is 5.48. The lowest BCUT2D eigenvalue weighted by Crippen LogP contribution is -2.15. The zero-order valence-corrected chi connectivity index (χ0v) is 16.0. The molecule has 0 amide bonds. The number of nitrogens with two attached hydrogens (primary N) is 1. The number of nitrogens with one attached hydrogen (secondary N) is 1. The predicted molar refractivity (Wildman–Crippen MR) is 97.1 cm³/mol. The first-order valence-electron chi connectivity index (χ1n) is 7.37.